The zero-order valence-electron chi connectivity index (χ0n) is 19.1. The molecule has 0 amide bonds. The average Bonchev–Trinajstić information content (AvgIpc) is 3.25. The van der Waals surface area contributed by atoms with Crippen LogP contribution in [0.1, 0.15) is 25.0 Å². The van der Waals surface area contributed by atoms with Crippen LogP contribution in [0.15, 0.2) is 79.3 Å². The number of anilines is 2. The highest BCUT2D eigenvalue weighted by Gasteiger charge is 2.09. The van der Waals surface area contributed by atoms with Crippen LogP contribution >= 0.6 is 0 Å². The van der Waals surface area contributed by atoms with Gasteiger partial charge in [-0.05, 0) is 47.9 Å². The molecule has 5 aromatic rings. The third-order valence-electron chi connectivity index (χ3n) is 5.71. The van der Waals surface area contributed by atoms with Crippen LogP contribution in [0.2, 0.25) is 0 Å². The van der Waals surface area contributed by atoms with Gasteiger partial charge in [0.05, 0.1) is 23.8 Å². The van der Waals surface area contributed by atoms with Crippen LogP contribution in [0.3, 0.4) is 0 Å². The molecule has 34 heavy (non-hydrogen) atoms. The van der Waals surface area contributed by atoms with Crippen LogP contribution in [0.4, 0.5) is 11.5 Å². The average molecular weight is 448 g/mol. The lowest BCUT2D eigenvalue weighted by molar-refractivity contribution is 0.181. The molecule has 5 rings (SSSR count). The van der Waals surface area contributed by atoms with Crippen LogP contribution in [0.5, 0.6) is 0 Å². The first-order valence-electron chi connectivity index (χ1n) is 11.3. The van der Waals surface area contributed by atoms with Gasteiger partial charge in [-0.3, -0.25) is 4.68 Å². The Morgan fingerprint density at radius 1 is 1.00 bits per heavy atom. The van der Waals surface area contributed by atoms with E-state index in [4.69, 9.17) is 0 Å². The van der Waals surface area contributed by atoms with E-state index < -0.39 is 6.10 Å². The number of hydrogen-bond acceptors (Lipinski definition) is 5. The smallest absolute Gasteiger partial charge is 0.141 e. The van der Waals surface area contributed by atoms with Crippen molar-refractivity contribution in [3.63, 3.8) is 0 Å². The highest BCUT2D eigenvalue weighted by atomic mass is 16.3. The highest BCUT2D eigenvalue weighted by molar-refractivity contribution is 5.92. The van der Waals surface area contributed by atoms with Gasteiger partial charge in [0.25, 0.3) is 0 Å². The standard InChI is InChI=1S/C28H25N5O/c1-19(2)27(34)13-9-20-8-11-25-24(14-20)28(30-18-29-25)32-23-10-12-26-22(15-23)16-31-33(26)17-21-6-4-3-5-7-21/h3-8,10-12,14-16,18-19,27,34H,17H2,1-2H3,(H,29,30,32). The Bertz CT molecular complexity index is 1510. The molecule has 0 fully saturated rings. The van der Waals surface area contributed by atoms with Gasteiger partial charge in [0.15, 0.2) is 0 Å². The molecule has 1 atom stereocenters. The molecule has 6 nitrogen and oxygen atoms in total. The second-order valence-electron chi connectivity index (χ2n) is 8.60. The zero-order valence-corrected chi connectivity index (χ0v) is 19.1. The minimum Gasteiger partial charge on any atom is -0.380 e. The Hall–Kier alpha value is -4.21. The Morgan fingerprint density at radius 2 is 1.85 bits per heavy atom. The Balaban J connectivity index is 1.43. The summed E-state index contributed by atoms with van der Waals surface area (Å²) < 4.78 is 2.01. The van der Waals surface area contributed by atoms with Crippen molar-refractivity contribution in [2.24, 2.45) is 5.92 Å². The summed E-state index contributed by atoms with van der Waals surface area (Å²) in [4.78, 5) is 8.85. The summed E-state index contributed by atoms with van der Waals surface area (Å²) in [6, 6.07) is 22.3. The largest absolute Gasteiger partial charge is 0.380 e. The fourth-order valence-electron chi connectivity index (χ4n) is 3.74. The lowest BCUT2D eigenvalue weighted by atomic mass is 10.1. The second-order valence-corrected chi connectivity index (χ2v) is 8.60. The van der Waals surface area contributed by atoms with Crippen molar-refractivity contribution < 1.29 is 5.11 Å². The minimum absolute atomic E-state index is 0.0838. The van der Waals surface area contributed by atoms with Gasteiger partial charge >= 0.3 is 0 Å². The Labute approximate surface area is 198 Å². The van der Waals surface area contributed by atoms with Gasteiger partial charge in [0.1, 0.15) is 18.2 Å². The molecule has 0 radical (unpaired) electrons. The van der Waals surface area contributed by atoms with E-state index in [1.807, 2.05) is 67.2 Å². The Morgan fingerprint density at radius 3 is 2.68 bits per heavy atom. The predicted molar refractivity (Wildman–Crippen MR) is 136 cm³/mol. The summed E-state index contributed by atoms with van der Waals surface area (Å²) in [5, 5.41) is 19.9. The SMILES string of the molecule is CC(C)C(O)C#Cc1ccc2ncnc(Nc3ccc4c(cnn4Cc4ccccc4)c3)c2c1. The van der Waals surface area contributed by atoms with E-state index in [2.05, 4.69) is 56.5 Å². The zero-order chi connectivity index (χ0) is 23.5. The first kappa shape index (κ1) is 21.6. The van der Waals surface area contributed by atoms with Crippen LogP contribution in [-0.2, 0) is 6.54 Å². The summed E-state index contributed by atoms with van der Waals surface area (Å²) in [5.41, 5.74) is 4.83. The fraction of sp³-hybridized carbons (Fsp3) is 0.179. The van der Waals surface area contributed by atoms with Crippen molar-refractivity contribution >= 4 is 33.3 Å². The summed E-state index contributed by atoms with van der Waals surface area (Å²) >= 11 is 0. The molecule has 168 valence electrons. The molecule has 2 N–H and O–H groups in total. The third kappa shape index (κ3) is 4.61. The number of aromatic nitrogens is 4. The van der Waals surface area contributed by atoms with Gasteiger partial charge in [-0.2, -0.15) is 5.10 Å². The number of aliphatic hydroxyl groups excluding tert-OH is 1. The number of hydrogen-bond donors (Lipinski definition) is 2. The molecule has 0 spiro atoms. The molecule has 2 aromatic heterocycles. The van der Waals surface area contributed by atoms with Gasteiger partial charge in [0, 0.05) is 22.0 Å². The summed E-state index contributed by atoms with van der Waals surface area (Å²) in [6.45, 7) is 4.61. The fourth-order valence-corrected chi connectivity index (χ4v) is 3.74. The van der Waals surface area contributed by atoms with Crippen LogP contribution < -0.4 is 5.32 Å². The van der Waals surface area contributed by atoms with Crippen LogP contribution in [0, 0.1) is 17.8 Å². The first-order chi connectivity index (χ1) is 16.6. The number of fused-ring (bicyclic) bond motifs is 2. The molecule has 1 unspecified atom stereocenters. The predicted octanol–water partition coefficient (Wildman–Crippen LogP) is 5.14. The molecule has 0 aliphatic carbocycles. The molecule has 6 heteroatoms. The first-order valence-corrected chi connectivity index (χ1v) is 11.3. The van der Waals surface area contributed by atoms with E-state index in [-0.39, 0.29) is 5.92 Å². The molecule has 0 aliphatic rings. The van der Waals surface area contributed by atoms with Crippen molar-refractivity contribution in [2.75, 3.05) is 5.32 Å². The van der Waals surface area contributed by atoms with Gasteiger partial charge in [0.2, 0.25) is 0 Å². The maximum absolute atomic E-state index is 10.0. The number of rotatable bonds is 5. The van der Waals surface area contributed by atoms with Crippen molar-refractivity contribution in [2.45, 2.75) is 26.5 Å². The van der Waals surface area contributed by atoms with Crippen molar-refractivity contribution in [3.05, 3.63) is 90.4 Å². The monoisotopic (exact) mass is 447 g/mol. The van der Waals surface area contributed by atoms with E-state index in [1.54, 1.807) is 6.33 Å². The van der Waals surface area contributed by atoms with Crippen LogP contribution in [-0.4, -0.2) is 31.0 Å². The molecule has 3 aromatic carbocycles. The number of nitrogens with zero attached hydrogens (tertiary/aromatic N) is 4. The maximum atomic E-state index is 10.0. The summed E-state index contributed by atoms with van der Waals surface area (Å²) in [5.74, 6) is 6.76. The van der Waals surface area contributed by atoms with Crippen LogP contribution in [0.25, 0.3) is 21.8 Å². The molecule has 0 saturated heterocycles. The molecule has 0 aliphatic heterocycles. The summed E-state index contributed by atoms with van der Waals surface area (Å²) in [6.07, 6.45) is 2.78. The van der Waals surface area contributed by atoms with Crippen molar-refractivity contribution in [1.82, 2.24) is 19.7 Å². The number of nitrogens with one attached hydrogen (secondary N) is 1. The lowest BCUT2D eigenvalue weighted by Gasteiger charge is -2.10. The number of aliphatic hydroxyl groups is 1. The van der Waals surface area contributed by atoms with Crippen molar-refractivity contribution in [3.8, 4) is 11.8 Å². The maximum Gasteiger partial charge on any atom is 0.141 e. The van der Waals surface area contributed by atoms with Gasteiger partial charge in [-0.25, -0.2) is 9.97 Å². The van der Waals surface area contributed by atoms with Gasteiger partial charge in [-0.1, -0.05) is 56.0 Å². The quantitative estimate of drug-likeness (QED) is 0.365. The van der Waals surface area contributed by atoms with E-state index in [0.29, 0.717) is 5.82 Å². The lowest BCUT2D eigenvalue weighted by Crippen LogP contribution is -2.11. The molecule has 2 heterocycles. The molecule has 0 bridgehead atoms. The third-order valence-corrected chi connectivity index (χ3v) is 5.71. The van der Waals surface area contributed by atoms with E-state index in [1.165, 1.54) is 5.56 Å². The molecular weight excluding hydrogens is 422 g/mol. The molecular formula is C28H25N5O. The van der Waals surface area contributed by atoms with Gasteiger partial charge in [-0.15, -0.1) is 0 Å². The van der Waals surface area contributed by atoms with E-state index in [0.717, 1.165) is 39.6 Å². The van der Waals surface area contributed by atoms with E-state index >= 15 is 0 Å². The van der Waals surface area contributed by atoms with Gasteiger partial charge < -0.3 is 10.4 Å². The van der Waals surface area contributed by atoms with E-state index in [9.17, 15) is 5.11 Å². The molecule has 0 saturated carbocycles. The minimum atomic E-state index is -0.658. The summed E-state index contributed by atoms with van der Waals surface area (Å²) in [7, 11) is 0. The highest BCUT2D eigenvalue weighted by Crippen LogP contribution is 2.26. The normalized spacial score (nSPS) is 12.0. The second kappa shape index (κ2) is 9.34. The Kier molecular flexibility index (Phi) is 5.94. The topological polar surface area (TPSA) is 75.9 Å². The number of benzene rings is 3. The van der Waals surface area contributed by atoms with Crippen molar-refractivity contribution in [1.29, 1.82) is 0 Å².